The van der Waals surface area contributed by atoms with Gasteiger partial charge in [-0.25, -0.2) is 9.18 Å². The van der Waals surface area contributed by atoms with Gasteiger partial charge < -0.3 is 36.2 Å². The second-order valence-corrected chi connectivity index (χ2v) is 10.1. The van der Waals surface area contributed by atoms with Crippen LogP contribution >= 0.6 is 0 Å². The van der Waals surface area contributed by atoms with Crippen LogP contribution in [-0.2, 0) is 0 Å². The number of halogens is 1. The first kappa shape index (κ1) is 27.5. The number of amides is 2. The molecule has 5 rings (SSSR count). The summed E-state index contributed by atoms with van der Waals surface area (Å²) in [5.74, 6) is 0.746. The van der Waals surface area contributed by atoms with E-state index in [4.69, 9.17) is 5.41 Å². The number of rotatable bonds is 8. The summed E-state index contributed by atoms with van der Waals surface area (Å²) in [5.41, 5.74) is 3.24. The van der Waals surface area contributed by atoms with Crippen molar-refractivity contribution in [1.29, 1.82) is 5.41 Å². The van der Waals surface area contributed by atoms with Crippen LogP contribution in [0, 0.1) is 11.2 Å². The lowest BCUT2D eigenvalue weighted by Crippen LogP contribution is -2.50. The number of carbonyl (C=O) groups excluding carboxylic acids is 1. The third-order valence-corrected chi connectivity index (χ3v) is 7.64. The number of aliphatic hydroxyl groups excluding tert-OH is 1. The number of carbonyl (C=O) groups is 1. The maximum atomic E-state index is 14.8. The average molecular weight is 549 g/mol. The van der Waals surface area contributed by atoms with Crippen molar-refractivity contribution in [3.63, 3.8) is 0 Å². The van der Waals surface area contributed by atoms with E-state index in [1.54, 1.807) is 18.3 Å². The van der Waals surface area contributed by atoms with Crippen molar-refractivity contribution in [2.24, 2.45) is 0 Å². The topological polar surface area (TPSA) is 119 Å². The van der Waals surface area contributed by atoms with E-state index in [0.29, 0.717) is 30.3 Å². The SMILES string of the molecule is CN/C(=C1/C=CNC1=N)N1CCN(CCO)C(c2cccc(NC(=O)Nc3c(F)cccc3N3CCCC3)c2)C1. The largest absolute Gasteiger partial charge is 0.395 e. The zero-order valence-corrected chi connectivity index (χ0v) is 22.7. The van der Waals surface area contributed by atoms with Crippen molar-refractivity contribution in [2.75, 3.05) is 68.5 Å². The zero-order chi connectivity index (χ0) is 28.1. The fourth-order valence-corrected chi connectivity index (χ4v) is 5.72. The Kier molecular flexibility index (Phi) is 8.51. The minimum absolute atomic E-state index is 0.0378. The summed E-state index contributed by atoms with van der Waals surface area (Å²) in [5, 5.41) is 29.7. The van der Waals surface area contributed by atoms with Gasteiger partial charge in [0.25, 0.3) is 0 Å². The minimum Gasteiger partial charge on any atom is -0.395 e. The molecule has 2 amide bonds. The highest BCUT2D eigenvalue weighted by Crippen LogP contribution is 2.32. The second-order valence-electron chi connectivity index (χ2n) is 10.1. The highest BCUT2D eigenvalue weighted by molar-refractivity contribution is 6.02. The molecule has 11 heteroatoms. The number of piperazine rings is 1. The number of hydrogen-bond acceptors (Lipinski definition) is 7. The molecule has 0 aliphatic carbocycles. The van der Waals surface area contributed by atoms with E-state index in [9.17, 15) is 14.3 Å². The highest BCUT2D eigenvalue weighted by atomic mass is 19.1. The van der Waals surface area contributed by atoms with Gasteiger partial charge in [0, 0.05) is 58.2 Å². The number of anilines is 3. The number of urea groups is 1. The van der Waals surface area contributed by atoms with Crippen molar-refractivity contribution in [2.45, 2.75) is 18.9 Å². The van der Waals surface area contributed by atoms with Crippen molar-refractivity contribution in [1.82, 2.24) is 20.4 Å². The predicted octanol–water partition coefficient (Wildman–Crippen LogP) is 3.25. The summed E-state index contributed by atoms with van der Waals surface area (Å²) in [6.45, 7) is 4.32. The van der Waals surface area contributed by atoms with Crippen LogP contribution in [-0.4, -0.2) is 79.7 Å². The van der Waals surface area contributed by atoms with Gasteiger partial charge in [0.05, 0.1) is 23.9 Å². The lowest BCUT2D eigenvalue weighted by Gasteiger charge is -2.43. The van der Waals surface area contributed by atoms with Gasteiger partial charge in [0.1, 0.15) is 23.2 Å². The summed E-state index contributed by atoms with van der Waals surface area (Å²) in [6.07, 6.45) is 5.73. The van der Waals surface area contributed by atoms with Crippen molar-refractivity contribution >= 4 is 28.9 Å². The molecule has 2 fully saturated rings. The number of β-amino-alcohol motifs (C(OH)–C–C–N with tert-alkyl or cyclic N) is 1. The normalized spacial score (nSPS) is 20.5. The van der Waals surface area contributed by atoms with Crippen molar-refractivity contribution in [3.8, 4) is 0 Å². The molecule has 0 saturated carbocycles. The van der Waals surface area contributed by atoms with E-state index in [-0.39, 0.29) is 18.3 Å². The van der Waals surface area contributed by atoms with Gasteiger partial charge in [0.2, 0.25) is 0 Å². The Labute approximate surface area is 234 Å². The fraction of sp³-hybridized carbons (Fsp3) is 0.379. The monoisotopic (exact) mass is 548 g/mol. The molecule has 0 radical (unpaired) electrons. The molecule has 1 atom stereocenters. The first-order valence-electron chi connectivity index (χ1n) is 13.7. The highest BCUT2D eigenvalue weighted by Gasteiger charge is 2.31. The predicted molar refractivity (Wildman–Crippen MR) is 156 cm³/mol. The number of amidine groups is 1. The molecule has 2 aromatic rings. The lowest BCUT2D eigenvalue weighted by molar-refractivity contribution is 0.0729. The van der Waals surface area contributed by atoms with Gasteiger partial charge in [0.15, 0.2) is 0 Å². The quantitative estimate of drug-likeness (QED) is 0.300. The summed E-state index contributed by atoms with van der Waals surface area (Å²) >= 11 is 0. The molecular formula is C29H37FN8O2. The summed E-state index contributed by atoms with van der Waals surface area (Å²) in [6, 6.07) is 11.9. The number of hydrogen-bond donors (Lipinski definition) is 6. The Morgan fingerprint density at radius 1 is 1.12 bits per heavy atom. The van der Waals surface area contributed by atoms with Crippen molar-refractivity contribution < 1.29 is 14.3 Å². The van der Waals surface area contributed by atoms with E-state index in [1.807, 2.05) is 37.4 Å². The molecular weight excluding hydrogens is 511 g/mol. The van der Waals surface area contributed by atoms with Gasteiger partial charge in [-0.1, -0.05) is 18.2 Å². The maximum absolute atomic E-state index is 14.8. The van der Waals surface area contributed by atoms with Gasteiger partial charge in [-0.15, -0.1) is 0 Å². The van der Waals surface area contributed by atoms with Crippen LogP contribution in [0.2, 0.25) is 0 Å². The summed E-state index contributed by atoms with van der Waals surface area (Å²) in [4.78, 5) is 19.5. The van der Waals surface area contributed by atoms with E-state index in [1.165, 1.54) is 6.07 Å². The van der Waals surface area contributed by atoms with Gasteiger partial charge in [-0.05, 0) is 48.7 Å². The fourth-order valence-electron chi connectivity index (χ4n) is 5.72. The van der Waals surface area contributed by atoms with Crippen LogP contribution in [0.4, 0.5) is 26.2 Å². The van der Waals surface area contributed by atoms with Crippen LogP contribution in [0.1, 0.15) is 24.4 Å². The number of nitrogens with one attached hydrogen (secondary N) is 5. The summed E-state index contributed by atoms with van der Waals surface area (Å²) in [7, 11) is 1.85. The Morgan fingerprint density at radius 2 is 1.93 bits per heavy atom. The second kappa shape index (κ2) is 12.4. The van der Waals surface area contributed by atoms with Crippen LogP contribution in [0.3, 0.4) is 0 Å². The smallest absolute Gasteiger partial charge is 0.323 e. The van der Waals surface area contributed by atoms with E-state index < -0.39 is 11.8 Å². The van der Waals surface area contributed by atoms with Crippen LogP contribution < -0.4 is 26.2 Å². The molecule has 1 unspecified atom stereocenters. The van der Waals surface area contributed by atoms with E-state index in [2.05, 4.69) is 36.0 Å². The zero-order valence-electron chi connectivity index (χ0n) is 22.7. The Morgan fingerprint density at radius 3 is 2.65 bits per heavy atom. The Hall–Kier alpha value is -4.09. The van der Waals surface area contributed by atoms with Gasteiger partial charge in [-0.2, -0.15) is 0 Å². The van der Waals surface area contributed by atoms with Crippen LogP contribution in [0.25, 0.3) is 0 Å². The molecule has 2 aromatic carbocycles. The van der Waals surface area contributed by atoms with Crippen molar-refractivity contribution in [3.05, 3.63) is 77.5 Å². The van der Waals surface area contributed by atoms with E-state index in [0.717, 1.165) is 56.0 Å². The first-order chi connectivity index (χ1) is 19.5. The first-order valence-corrected chi connectivity index (χ1v) is 13.7. The Bertz CT molecular complexity index is 1310. The third kappa shape index (κ3) is 5.90. The summed E-state index contributed by atoms with van der Waals surface area (Å²) < 4.78 is 14.8. The van der Waals surface area contributed by atoms with Crippen LogP contribution in [0.15, 0.2) is 66.1 Å². The maximum Gasteiger partial charge on any atom is 0.323 e. The minimum atomic E-state index is -0.513. The molecule has 0 aromatic heterocycles. The molecule has 40 heavy (non-hydrogen) atoms. The molecule has 6 N–H and O–H groups in total. The molecule has 212 valence electrons. The molecule has 10 nitrogen and oxygen atoms in total. The third-order valence-electron chi connectivity index (χ3n) is 7.64. The number of aliphatic hydroxyl groups is 1. The Balaban J connectivity index is 1.34. The molecule has 0 bridgehead atoms. The number of para-hydroxylation sites is 1. The molecule has 2 saturated heterocycles. The lowest BCUT2D eigenvalue weighted by atomic mass is 10.0. The number of nitrogens with zero attached hydrogens (tertiary/aromatic N) is 3. The van der Waals surface area contributed by atoms with Crippen LogP contribution in [0.5, 0.6) is 0 Å². The molecule has 0 spiro atoms. The standard InChI is InChI=1S/C29H37FN8O2/c1-32-28(22-10-11-33-27(22)31)38-15-14-37(16-17-39)25(19-38)20-6-4-7-21(18-20)34-29(40)35-26-23(30)8-5-9-24(26)36-12-2-3-13-36/h4-11,18,25,32,39H,2-3,12-17,19H2,1H3,(H2,31,33)(H2,34,35,40)/b28-22+. The average Bonchev–Trinajstić information content (AvgIpc) is 3.64. The number of benzene rings is 2. The molecule has 3 heterocycles. The van der Waals surface area contributed by atoms with Gasteiger partial charge in [-0.3, -0.25) is 10.3 Å². The molecule has 3 aliphatic rings. The van der Waals surface area contributed by atoms with Gasteiger partial charge >= 0.3 is 6.03 Å². The molecule has 3 aliphatic heterocycles. The van der Waals surface area contributed by atoms with E-state index >= 15 is 0 Å².